The zero-order chi connectivity index (χ0) is 18.4. The molecule has 0 saturated carbocycles. The summed E-state index contributed by atoms with van der Waals surface area (Å²) in [7, 11) is 0. The molecule has 6 heteroatoms. The van der Waals surface area contributed by atoms with E-state index < -0.39 is 0 Å². The van der Waals surface area contributed by atoms with E-state index in [9.17, 15) is 0 Å². The van der Waals surface area contributed by atoms with Gasteiger partial charge in [-0.15, -0.1) is 0 Å². The van der Waals surface area contributed by atoms with E-state index in [4.69, 9.17) is 5.73 Å². The van der Waals surface area contributed by atoms with Crippen molar-refractivity contribution < 1.29 is 0 Å². The molecule has 1 aromatic heterocycles. The van der Waals surface area contributed by atoms with Crippen LogP contribution in [0.5, 0.6) is 0 Å². The quantitative estimate of drug-likeness (QED) is 0.601. The molecule has 0 amide bonds. The van der Waals surface area contributed by atoms with Gasteiger partial charge in [0.05, 0.1) is 6.04 Å². The van der Waals surface area contributed by atoms with Crippen molar-refractivity contribution in [3.63, 3.8) is 0 Å². The van der Waals surface area contributed by atoms with Crippen LogP contribution in [0.25, 0.3) is 0 Å². The van der Waals surface area contributed by atoms with Crippen LogP contribution in [0.1, 0.15) is 36.9 Å². The first kappa shape index (κ1) is 17.7. The van der Waals surface area contributed by atoms with Crippen molar-refractivity contribution in [2.24, 2.45) is 0 Å². The van der Waals surface area contributed by atoms with Gasteiger partial charge in [0.2, 0.25) is 17.8 Å². The number of anilines is 3. The Hall–Kier alpha value is -3.15. The minimum Gasteiger partial charge on any atom is -0.368 e. The lowest BCUT2D eigenvalue weighted by Gasteiger charge is -2.16. The summed E-state index contributed by atoms with van der Waals surface area (Å²) in [6, 6.07) is 20.5. The smallest absolute Gasteiger partial charge is 0.229 e. The second kappa shape index (κ2) is 8.29. The molecule has 2 aromatic carbocycles. The van der Waals surface area contributed by atoms with Crippen LogP contribution in [0, 0.1) is 0 Å². The van der Waals surface area contributed by atoms with Gasteiger partial charge in [-0.05, 0) is 24.0 Å². The molecule has 0 aliphatic carbocycles. The molecular formula is C20H24N6. The summed E-state index contributed by atoms with van der Waals surface area (Å²) >= 11 is 0. The first-order valence-corrected chi connectivity index (χ1v) is 8.73. The highest BCUT2D eigenvalue weighted by Gasteiger charge is 2.11. The lowest BCUT2D eigenvalue weighted by atomic mass is 10.0. The Kier molecular flexibility index (Phi) is 5.63. The Morgan fingerprint density at radius 2 is 1.38 bits per heavy atom. The van der Waals surface area contributed by atoms with Gasteiger partial charge in [0.25, 0.3) is 0 Å². The predicted octanol–water partition coefficient (Wildman–Crippen LogP) is 3.84. The molecule has 3 rings (SSSR count). The SMILES string of the molecule is CC(CNc1nc(N)nc(N[C@@H](C)c2ccccc2)n1)c1ccccc1. The Morgan fingerprint density at radius 1 is 0.808 bits per heavy atom. The fourth-order valence-corrected chi connectivity index (χ4v) is 2.70. The molecule has 0 bridgehead atoms. The number of aromatic nitrogens is 3. The molecule has 0 spiro atoms. The van der Waals surface area contributed by atoms with Crippen LogP contribution in [0.4, 0.5) is 17.8 Å². The first-order valence-electron chi connectivity index (χ1n) is 8.73. The van der Waals surface area contributed by atoms with Crippen LogP contribution < -0.4 is 16.4 Å². The van der Waals surface area contributed by atoms with Crippen molar-refractivity contribution in [1.82, 2.24) is 15.0 Å². The zero-order valence-corrected chi connectivity index (χ0v) is 15.1. The topological polar surface area (TPSA) is 88.8 Å². The maximum Gasteiger partial charge on any atom is 0.229 e. The standard InChI is InChI=1S/C20H24N6/c1-14(16-9-5-3-6-10-16)13-22-19-24-18(21)25-20(26-19)23-15(2)17-11-7-4-8-12-17/h3-12,14-15H,13H2,1-2H3,(H4,21,22,23,24,25,26)/t14?,15-/m0/s1. The van der Waals surface area contributed by atoms with E-state index in [-0.39, 0.29) is 12.0 Å². The summed E-state index contributed by atoms with van der Waals surface area (Å²) in [6.45, 7) is 4.92. The highest BCUT2D eigenvalue weighted by Crippen LogP contribution is 2.19. The van der Waals surface area contributed by atoms with Crippen molar-refractivity contribution >= 4 is 17.8 Å². The molecule has 0 saturated heterocycles. The Balaban J connectivity index is 1.66. The highest BCUT2D eigenvalue weighted by molar-refractivity contribution is 5.42. The minimum atomic E-state index is 0.0640. The summed E-state index contributed by atoms with van der Waals surface area (Å²) in [5.41, 5.74) is 8.26. The minimum absolute atomic E-state index is 0.0640. The number of nitrogens with one attached hydrogen (secondary N) is 2. The molecule has 26 heavy (non-hydrogen) atoms. The number of rotatable bonds is 7. The van der Waals surface area contributed by atoms with Gasteiger partial charge in [0.15, 0.2) is 0 Å². The van der Waals surface area contributed by atoms with Crippen molar-refractivity contribution in [2.45, 2.75) is 25.8 Å². The molecular weight excluding hydrogens is 324 g/mol. The largest absolute Gasteiger partial charge is 0.368 e. The first-order chi connectivity index (χ1) is 12.6. The number of nitrogen functional groups attached to an aromatic ring is 1. The number of nitrogens with zero attached hydrogens (tertiary/aromatic N) is 3. The summed E-state index contributed by atoms with van der Waals surface area (Å²) < 4.78 is 0. The van der Waals surface area contributed by atoms with Crippen molar-refractivity contribution in [2.75, 3.05) is 22.9 Å². The van der Waals surface area contributed by atoms with E-state index in [1.807, 2.05) is 36.4 Å². The van der Waals surface area contributed by atoms with E-state index in [0.29, 0.717) is 24.4 Å². The Morgan fingerprint density at radius 3 is 2.04 bits per heavy atom. The molecule has 4 N–H and O–H groups in total. The monoisotopic (exact) mass is 348 g/mol. The van der Waals surface area contributed by atoms with E-state index in [1.54, 1.807) is 0 Å². The average molecular weight is 348 g/mol. The van der Waals surface area contributed by atoms with Gasteiger partial charge in [-0.3, -0.25) is 0 Å². The predicted molar refractivity (Wildman–Crippen MR) is 106 cm³/mol. The lowest BCUT2D eigenvalue weighted by Crippen LogP contribution is -2.16. The molecule has 1 unspecified atom stereocenters. The molecule has 2 atom stereocenters. The third-order valence-electron chi connectivity index (χ3n) is 4.23. The van der Waals surface area contributed by atoms with Gasteiger partial charge in [0, 0.05) is 6.54 Å². The van der Waals surface area contributed by atoms with Gasteiger partial charge < -0.3 is 16.4 Å². The number of benzene rings is 2. The van der Waals surface area contributed by atoms with Gasteiger partial charge >= 0.3 is 0 Å². The van der Waals surface area contributed by atoms with Crippen LogP contribution >= 0.6 is 0 Å². The molecule has 3 aromatic rings. The molecule has 0 aliphatic rings. The maximum atomic E-state index is 5.85. The lowest BCUT2D eigenvalue weighted by molar-refractivity contribution is 0.793. The Labute approximate surface area is 153 Å². The number of hydrogen-bond acceptors (Lipinski definition) is 6. The second-order valence-electron chi connectivity index (χ2n) is 6.31. The van der Waals surface area contributed by atoms with E-state index in [2.05, 4.69) is 63.7 Å². The normalized spacial score (nSPS) is 13.0. The third kappa shape index (κ3) is 4.69. The average Bonchev–Trinajstić information content (AvgIpc) is 2.67. The van der Waals surface area contributed by atoms with Crippen molar-refractivity contribution in [3.8, 4) is 0 Å². The van der Waals surface area contributed by atoms with Crippen LogP contribution in [0.2, 0.25) is 0 Å². The van der Waals surface area contributed by atoms with Gasteiger partial charge in [-0.25, -0.2) is 0 Å². The van der Waals surface area contributed by atoms with Gasteiger partial charge in [0.1, 0.15) is 0 Å². The second-order valence-corrected chi connectivity index (χ2v) is 6.31. The molecule has 0 radical (unpaired) electrons. The maximum absolute atomic E-state index is 5.85. The fourth-order valence-electron chi connectivity index (χ4n) is 2.70. The fraction of sp³-hybridized carbons (Fsp3) is 0.250. The molecule has 6 nitrogen and oxygen atoms in total. The Bertz CT molecular complexity index is 822. The number of nitrogens with two attached hydrogens (primary N) is 1. The van der Waals surface area contributed by atoms with Crippen molar-refractivity contribution in [3.05, 3.63) is 71.8 Å². The van der Waals surface area contributed by atoms with Gasteiger partial charge in [-0.2, -0.15) is 15.0 Å². The van der Waals surface area contributed by atoms with Crippen LogP contribution in [0.3, 0.4) is 0 Å². The van der Waals surface area contributed by atoms with Crippen LogP contribution in [-0.4, -0.2) is 21.5 Å². The van der Waals surface area contributed by atoms with Crippen LogP contribution in [-0.2, 0) is 0 Å². The third-order valence-corrected chi connectivity index (χ3v) is 4.23. The zero-order valence-electron chi connectivity index (χ0n) is 15.1. The number of hydrogen-bond donors (Lipinski definition) is 3. The molecule has 0 fully saturated rings. The summed E-state index contributed by atoms with van der Waals surface area (Å²) in [5, 5.41) is 6.53. The van der Waals surface area contributed by atoms with Crippen molar-refractivity contribution in [1.29, 1.82) is 0 Å². The summed E-state index contributed by atoms with van der Waals surface area (Å²) in [5.74, 6) is 1.46. The van der Waals surface area contributed by atoms with E-state index in [1.165, 1.54) is 5.56 Å². The molecule has 1 heterocycles. The molecule has 0 aliphatic heterocycles. The van der Waals surface area contributed by atoms with Gasteiger partial charge in [-0.1, -0.05) is 67.6 Å². The van der Waals surface area contributed by atoms with E-state index in [0.717, 1.165) is 5.56 Å². The summed E-state index contributed by atoms with van der Waals surface area (Å²) in [4.78, 5) is 12.8. The molecule has 134 valence electrons. The van der Waals surface area contributed by atoms with E-state index >= 15 is 0 Å². The highest BCUT2D eigenvalue weighted by atomic mass is 15.2. The van der Waals surface area contributed by atoms with Crippen LogP contribution in [0.15, 0.2) is 60.7 Å². The summed E-state index contributed by atoms with van der Waals surface area (Å²) in [6.07, 6.45) is 0.